The average molecular weight is 284 g/mol. The number of nitrogens with zero attached hydrogens (tertiary/aromatic N) is 2. The summed E-state index contributed by atoms with van der Waals surface area (Å²) in [5.74, 6) is -0.0246. The number of amides is 1. The topological polar surface area (TPSA) is 42.4 Å². The van der Waals surface area contributed by atoms with Crippen LogP contribution in [-0.4, -0.2) is 36.1 Å². The lowest BCUT2D eigenvalue weighted by Gasteiger charge is -2.22. The third-order valence-electron chi connectivity index (χ3n) is 3.23. The summed E-state index contributed by atoms with van der Waals surface area (Å²) in [5.41, 5.74) is 2.60. The van der Waals surface area contributed by atoms with E-state index < -0.39 is 0 Å². The van der Waals surface area contributed by atoms with Crippen molar-refractivity contribution in [1.82, 2.24) is 9.88 Å². The molecule has 0 atom stereocenters. The molecular weight excluding hydrogens is 264 g/mol. The predicted molar refractivity (Wildman–Crippen MR) is 82.0 cm³/mol. The number of methoxy groups -OCH3 is 1. The summed E-state index contributed by atoms with van der Waals surface area (Å²) in [7, 11) is 1.64. The summed E-state index contributed by atoms with van der Waals surface area (Å²) in [6.07, 6.45) is 1.63. The maximum Gasteiger partial charge on any atom is 0.255 e. The Bertz CT molecular complexity index is 567. The fraction of sp³-hybridized carbons (Fsp3) is 0.294. The van der Waals surface area contributed by atoms with E-state index in [2.05, 4.69) is 4.98 Å². The Kier molecular flexibility index (Phi) is 5.46. The molecule has 1 amide bonds. The molecule has 2 rings (SSSR count). The van der Waals surface area contributed by atoms with Crippen molar-refractivity contribution in [3.05, 3.63) is 65.5 Å². The minimum atomic E-state index is -0.0246. The number of aryl methyl sites for hydroxylation is 1. The maximum absolute atomic E-state index is 12.6. The summed E-state index contributed by atoms with van der Waals surface area (Å²) >= 11 is 0. The fourth-order valence-corrected chi connectivity index (χ4v) is 2.03. The van der Waals surface area contributed by atoms with Crippen LogP contribution < -0.4 is 0 Å². The van der Waals surface area contributed by atoms with Crippen molar-refractivity contribution in [2.24, 2.45) is 0 Å². The second-order valence-corrected chi connectivity index (χ2v) is 4.89. The molecule has 0 N–H and O–H groups in total. The van der Waals surface area contributed by atoms with Gasteiger partial charge >= 0.3 is 0 Å². The van der Waals surface area contributed by atoms with Gasteiger partial charge in [-0.05, 0) is 24.6 Å². The van der Waals surface area contributed by atoms with Gasteiger partial charge in [0.1, 0.15) is 0 Å². The van der Waals surface area contributed by atoms with E-state index in [1.54, 1.807) is 18.2 Å². The van der Waals surface area contributed by atoms with Gasteiger partial charge in [-0.3, -0.25) is 9.78 Å². The molecule has 4 heteroatoms. The third-order valence-corrected chi connectivity index (χ3v) is 3.23. The third kappa shape index (κ3) is 4.39. The van der Waals surface area contributed by atoms with E-state index in [9.17, 15) is 4.79 Å². The Morgan fingerprint density at radius 3 is 2.57 bits per heavy atom. The molecule has 0 bridgehead atoms. The number of carbonyl (C=O) groups excluding carboxylic acids is 1. The standard InChI is InChI=1S/C17H20N2O2/c1-14-8-9-16(12-18-14)17(20)19(10-11-21-2)13-15-6-4-3-5-7-15/h3-9,12H,10-11,13H2,1-2H3. The normalized spacial score (nSPS) is 10.4. The van der Waals surface area contributed by atoms with Crippen LogP contribution in [0.5, 0.6) is 0 Å². The smallest absolute Gasteiger partial charge is 0.255 e. The first-order chi connectivity index (χ1) is 10.2. The molecule has 1 aromatic carbocycles. The zero-order chi connectivity index (χ0) is 15.1. The zero-order valence-corrected chi connectivity index (χ0v) is 12.5. The molecular formula is C17H20N2O2. The number of hydrogen-bond donors (Lipinski definition) is 0. The van der Waals surface area contributed by atoms with Crippen LogP contribution in [0, 0.1) is 6.92 Å². The molecule has 1 heterocycles. The number of pyridine rings is 1. The van der Waals surface area contributed by atoms with Crippen LogP contribution in [0.4, 0.5) is 0 Å². The van der Waals surface area contributed by atoms with Crippen LogP contribution in [0.3, 0.4) is 0 Å². The van der Waals surface area contributed by atoms with Gasteiger partial charge in [-0.25, -0.2) is 0 Å². The summed E-state index contributed by atoms with van der Waals surface area (Å²) in [6.45, 7) is 3.54. The lowest BCUT2D eigenvalue weighted by atomic mass is 10.2. The average Bonchev–Trinajstić information content (AvgIpc) is 2.52. The number of carbonyl (C=O) groups is 1. The maximum atomic E-state index is 12.6. The van der Waals surface area contributed by atoms with Crippen molar-refractivity contribution < 1.29 is 9.53 Å². The molecule has 0 unspecified atom stereocenters. The molecule has 0 aliphatic rings. The summed E-state index contributed by atoms with van der Waals surface area (Å²) in [6, 6.07) is 13.6. The molecule has 0 radical (unpaired) electrons. The molecule has 0 fully saturated rings. The highest BCUT2D eigenvalue weighted by molar-refractivity contribution is 5.93. The molecule has 0 saturated heterocycles. The van der Waals surface area contributed by atoms with Gasteiger partial charge in [-0.1, -0.05) is 30.3 Å². The first kappa shape index (κ1) is 15.2. The van der Waals surface area contributed by atoms with E-state index in [0.29, 0.717) is 25.3 Å². The van der Waals surface area contributed by atoms with E-state index in [4.69, 9.17) is 4.74 Å². The van der Waals surface area contributed by atoms with Crippen LogP contribution in [-0.2, 0) is 11.3 Å². The summed E-state index contributed by atoms with van der Waals surface area (Å²) in [5, 5.41) is 0. The van der Waals surface area contributed by atoms with Crippen LogP contribution in [0.2, 0.25) is 0 Å². The molecule has 1 aromatic heterocycles. The number of ether oxygens (including phenoxy) is 1. The van der Waals surface area contributed by atoms with Gasteiger partial charge in [-0.2, -0.15) is 0 Å². The van der Waals surface area contributed by atoms with Crippen molar-refractivity contribution in [1.29, 1.82) is 0 Å². The van der Waals surface area contributed by atoms with Gasteiger partial charge in [0.2, 0.25) is 0 Å². The lowest BCUT2D eigenvalue weighted by molar-refractivity contribution is 0.0680. The summed E-state index contributed by atoms with van der Waals surface area (Å²) in [4.78, 5) is 18.6. The molecule has 0 saturated carbocycles. The van der Waals surface area contributed by atoms with Gasteiger partial charge in [0.05, 0.1) is 12.2 Å². The van der Waals surface area contributed by atoms with E-state index >= 15 is 0 Å². The first-order valence-corrected chi connectivity index (χ1v) is 6.95. The number of hydrogen-bond acceptors (Lipinski definition) is 3. The van der Waals surface area contributed by atoms with Crippen molar-refractivity contribution in [2.45, 2.75) is 13.5 Å². The summed E-state index contributed by atoms with van der Waals surface area (Å²) < 4.78 is 5.11. The van der Waals surface area contributed by atoms with E-state index in [1.807, 2.05) is 49.4 Å². The number of aromatic nitrogens is 1. The highest BCUT2D eigenvalue weighted by Crippen LogP contribution is 2.10. The molecule has 0 aliphatic heterocycles. The second kappa shape index (κ2) is 7.55. The van der Waals surface area contributed by atoms with E-state index in [0.717, 1.165) is 11.3 Å². The lowest BCUT2D eigenvalue weighted by Crippen LogP contribution is -2.33. The van der Waals surface area contributed by atoms with Crippen molar-refractivity contribution in [3.8, 4) is 0 Å². The van der Waals surface area contributed by atoms with Crippen molar-refractivity contribution >= 4 is 5.91 Å². The van der Waals surface area contributed by atoms with E-state index in [1.165, 1.54) is 0 Å². The zero-order valence-electron chi connectivity index (χ0n) is 12.5. The van der Waals surface area contributed by atoms with Crippen LogP contribution in [0.15, 0.2) is 48.7 Å². The monoisotopic (exact) mass is 284 g/mol. The Hall–Kier alpha value is -2.20. The minimum absolute atomic E-state index is 0.0246. The molecule has 0 aliphatic carbocycles. The number of rotatable bonds is 6. The molecule has 4 nitrogen and oxygen atoms in total. The van der Waals surface area contributed by atoms with Crippen LogP contribution in [0.1, 0.15) is 21.6 Å². The molecule has 0 spiro atoms. The molecule has 110 valence electrons. The largest absolute Gasteiger partial charge is 0.383 e. The molecule has 21 heavy (non-hydrogen) atoms. The Balaban J connectivity index is 2.14. The quantitative estimate of drug-likeness (QED) is 0.819. The predicted octanol–water partition coefficient (Wildman–Crippen LogP) is 2.68. The SMILES string of the molecule is COCCN(Cc1ccccc1)C(=O)c1ccc(C)nc1. The van der Waals surface area contributed by atoms with Crippen molar-refractivity contribution in [3.63, 3.8) is 0 Å². The van der Waals surface area contributed by atoms with Gasteiger partial charge in [0, 0.05) is 32.1 Å². The van der Waals surface area contributed by atoms with E-state index in [-0.39, 0.29) is 5.91 Å². The Morgan fingerprint density at radius 1 is 1.19 bits per heavy atom. The second-order valence-electron chi connectivity index (χ2n) is 4.89. The first-order valence-electron chi connectivity index (χ1n) is 6.95. The van der Waals surface area contributed by atoms with Gasteiger partial charge < -0.3 is 9.64 Å². The fourth-order valence-electron chi connectivity index (χ4n) is 2.03. The van der Waals surface area contributed by atoms with Crippen molar-refractivity contribution in [2.75, 3.05) is 20.3 Å². The van der Waals surface area contributed by atoms with Crippen LogP contribution in [0.25, 0.3) is 0 Å². The minimum Gasteiger partial charge on any atom is -0.383 e. The van der Waals surface area contributed by atoms with Gasteiger partial charge in [0.15, 0.2) is 0 Å². The molecule has 2 aromatic rings. The number of benzene rings is 1. The van der Waals surface area contributed by atoms with Gasteiger partial charge in [0.25, 0.3) is 5.91 Å². The Labute approximate surface area is 125 Å². The van der Waals surface area contributed by atoms with Gasteiger partial charge in [-0.15, -0.1) is 0 Å². The highest BCUT2D eigenvalue weighted by Gasteiger charge is 2.16. The highest BCUT2D eigenvalue weighted by atomic mass is 16.5. The Morgan fingerprint density at radius 2 is 1.95 bits per heavy atom. The van der Waals surface area contributed by atoms with Crippen LogP contribution >= 0.6 is 0 Å².